The molecule has 1 aromatic heterocycles. The molecule has 1 aliphatic heterocycles. The van der Waals surface area contributed by atoms with Crippen molar-refractivity contribution in [2.24, 2.45) is 0 Å². The van der Waals surface area contributed by atoms with E-state index in [4.69, 9.17) is 11.6 Å². The minimum Gasteiger partial charge on any atom is -0.353 e. The molecule has 0 spiro atoms. The highest BCUT2D eigenvalue weighted by Gasteiger charge is 2.25. The minimum atomic E-state index is -3.18. The van der Waals surface area contributed by atoms with E-state index in [1.54, 1.807) is 0 Å². The fraction of sp³-hybridized carbons (Fsp3) is 0.500. The van der Waals surface area contributed by atoms with Crippen LogP contribution in [0.2, 0.25) is 5.15 Å². The number of aromatic nitrogens is 2. The molecule has 0 N–H and O–H groups in total. The van der Waals surface area contributed by atoms with Gasteiger partial charge in [0, 0.05) is 26.2 Å². The van der Waals surface area contributed by atoms with E-state index in [0.29, 0.717) is 38.3 Å². The van der Waals surface area contributed by atoms with Gasteiger partial charge in [-0.2, -0.15) is 4.31 Å². The van der Waals surface area contributed by atoms with Crippen molar-refractivity contribution in [3.05, 3.63) is 17.0 Å². The van der Waals surface area contributed by atoms with E-state index in [1.165, 1.54) is 16.9 Å². The molecule has 0 atom stereocenters. The summed E-state index contributed by atoms with van der Waals surface area (Å²) in [5.74, 6) is 0.447. The molecule has 0 saturated carbocycles. The molecule has 19 heavy (non-hydrogen) atoms. The first-order chi connectivity index (χ1) is 8.93. The van der Waals surface area contributed by atoms with E-state index < -0.39 is 10.0 Å². The Kier molecular flexibility index (Phi) is 4.02. The van der Waals surface area contributed by atoms with Gasteiger partial charge in [0.2, 0.25) is 10.0 Å². The lowest BCUT2D eigenvalue weighted by atomic mass is 10.3. The third kappa shape index (κ3) is 3.02. The number of carbonyl (C=O) groups excluding carboxylic acids is 1. The zero-order valence-corrected chi connectivity index (χ0v) is 11.9. The molecule has 1 aromatic rings. The normalized spacial score (nSPS) is 17.5. The molecule has 9 heteroatoms. The van der Waals surface area contributed by atoms with Gasteiger partial charge < -0.3 is 4.90 Å². The lowest BCUT2D eigenvalue weighted by molar-refractivity contribution is 0.112. The summed E-state index contributed by atoms with van der Waals surface area (Å²) in [5.41, 5.74) is 0.233. The van der Waals surface area contributed by atoms with E-state index >= 15 is 0 Å². The van der Waals surface area contributed by atoms with Gasteiger partial charge in [0.1, 0.15) is 17.3 Å². The number of halogens is 1. The van der Waals surface area contributed by atoms with Crippen LogP contribution in [0.3, 0.4) is 0 Å². The zero-order chi connectivity index (χ0) is 14.0. The average Bonchev–Trinajstić information content (AvgIpc) is 2.37. The molecule has 0 unspecified atom stereocenters. The van der Waals surface area contributed by atoms with Crippen LogP contribution >= 0.6 is 11.6 Å². The van der Waals surface area contributed by atoms with Gasteiger partial charge in [-0.3, -0.25) is 4.79 Å². The van der Waals surface area contributed by atoms with E-state index in [0.717, 1.165) is 0 Å². The number of hydrogen-bond acceptors (Lipinski definition) is 6. The molecule has 0 radical (unpaired) electrons. The van der Waals surface area contributed by atoms with Crippen molar-refractivity contribution >= 4 is 33.7 Å². The van der Waals surface area contributed by atoms with Crippen molar-refractivity contribution in [3.8, 4) is 0 Å². The first-order valence-corrected chi connectivity index (χ1v) is 7.82. The molecule has 1 aliphatic rings. The second-order valence-electron chi connectivity index (χ2n) is 4.17. The van der Waals surface area contributed by atoms with Crippen molar-refractivity contribution in [2.75, 3.05) is 37.3 Å². The molecule has 1 fully saturated rings. The van der Waals surface area contributed by atoms with Crippen molar-refractivity contribution in [2.45, 2.75) is 0 Å². The predicted molar refractivity (Wildman–Crippen MR) is 71.1 cm³/mol. The molecule has 104 valence electrons. The summed E-state index contributed by atoms with van der Waals surface area (Å²) < 4.78 is 24.2. The van der Waals surface area contributed by atoms with E-state index in [-0.39, 0.29) is 10.7 Å². The fourth-order valence-corrected chi connectivity index (χ4v) is 2.95. The van der Waals surface area contributed by atoms with E-state index in [9.17, 15) is 13.2 Å². The van der Waals surface area contributed by atoms with Crippen LogP contribution in [0.4, 0.5) is 5.82 Å². The van der Waals surface area contributed by atoms with Crippen LogP contribution in [0.1, 0.15) is 10.4 Å². The summed E-state index contributed by atoms with van der Waals surface area (Å²) >= 11 is 5.83. The number of anilines is 1. The third-order valence-corrected chi connectivity index (χ3v) is 4.54. The van der Waals surface area contributed by atoms with Crippen LogP contribution in [0, 0.1) is 0 Å². The van der Waals surface area contributed by atoms with Gasteiger partial charge in [-0.25, -0.2) is 18.4 Å². The molecule has 2 rings (SSSR count). The average molecular weight is 305 g/mol. The van der Waals surface area contributed by atoms with Gasteiger partial charge in [0.05, 0.1) is 11.8 Å². The van der Waals surface area contributed by atoms with Crippen LogP contribution < -0.4 is 4.90 Å². The molecule has 2 heterocycles. The topological polar surface area (TPSA) is 83.5 Å². The maximum atomic E-state index is 11.4. The zero-order valence-electron chi connectivity index (χ0n) is 10.3. The Labute approximate surface area is 116 Å². The minimum absolute atomic E-state index is 0.102. The molecular weight excluding hydrogens is 292 g/mol. The van der Waals surface area contributed by atoms with Gasteiger partial charge in [-0.15, -0.1) is 0 Å². The highest BCUT2D eigenvalue weighted by Crippen LogP contribution is 2.22. The summed E-state index contributed by atoms with van der Waals surface area (Å²) in [6.45, 7) is 1.64. The molecule has 0 aliphatic carbocycles. The second kappa shape index (κ2) is 5.40. The molecule has 7 nitrogen and oxygen atoms in total. The highest BCUT2D eigenvalue weighted by molar-refractivity contribution is 7.88. The number of hydrogen-bond donors (Lipinski definition) is 0. The predicted octanol–water partition coefficient (Wildman–Crippen LogP) is 0.0241. The Bertz CT molecular complexity index is 584. The van der Waals surface area contributed by atoms with Crippen molar-refractivity contribution in [1.82, 2.24) is 14.3 Å². The summed E-state index contributed by atoms with van der Waals surface area (Å²) in [6.07, 6.45) is 3.08. The largest absolute Gasteiger partial charge is 0.353 e. The summed E-state index contributed by atoms with van der Waals surface area (Å²) in [7, 11) is -3.18. The van der Waals surface area contributed by atoms with Crippen LogP contribution in [-0.4, -0.2) is 61.4 Å². The first-order valence-electron chi connectivity index (χ1n) is 5.59. The van der Waals surface area contributed by atoms with Crippen molar-refractivity contribution < 1.29 is 13.2 Å². The van der Waals surface area contributed by atoms with Gasteiger partial charge in [0.15, 0.2) is 6.29 Å². The summed E-state index contributed by atoms with van der Waals surface area (Å²) in [6, 6.07) is 0. The monoisotopic (exact) mass is 304 g/mol. The van der Waals surface area contributed by atoms with Gasteiger partial charge in [0.25, 0.3) is 0 Å². The van der Waals surface area contributed by atoms with Gasteiger partial charge >= 0.3 is 0 Å². The number of aldehydes is 1. The quantitative estimate of drug-likeness (QED) is 0.578. The summed E-state index contributed by atoms with van der Waals surface area (Å²) in [5, 5.41) is 0.102. The van der Waals surface area contributed by atoms with E-state index in [2.05, 4.69) is 9.97 Å². The lowest BCUT2D eigenvalue weighted by Crippen LogP contribution is -2.48. The Morgan fingerprint density at radius 3 is 2.42 bits per heavy atom. The van der Waals surface area contributed by atoms with Crippen LogP contribution in [-0.2, 0) is 10.0 Å². The number of sulfonamides is 1. The van der Waals surface area contributed by atoms with Crippen LogP contribution in [0.15, 0.2) is 6.33 Å². The number of carbonyl (C=O) groups is 1. The number of rotatable bonds is 3. The fourth-order valence-electron chi connectivity index (χ4n) is 1.95. The Morgan fingerprint density at radius 1 is 1.26 bits per heavy atom. The standard InChI is InChI=1S/C10H13ClN4O3S/c1-19(17,18)15-4-2-14(3-5-15)10-8(6-16)9(11)12-7-13-10/h6-7H,2-5H2,1H3. The Balaban J connectivity index is 2.19. The maximum absolute atomic E-state index is 11.4. The lowest BCUT2D eigenvalue weighted by Gasteiger charge is -2.34. The van der Waals surface area contributed by atoms with Crippen molar-refractivity contribution in [3.63, 3.8) is 0 Å². The highest BCUT2D eigenvalue weighted by atomic mass is 35.5. The Morgan fingerprint density at radius 2 is 1.89 bits per heavy atom. The molecule has 1 saturated heterocycles. The van der Waals surface area contributed by atoms with Gasteiger partial charge in [-0.1, -0.05) is 11.6 Å². The molecule has 0 bridgehead atoms. The SMILES string of the molecule is CS(=O)(=O)N1CCN(c2ncnc(Cl)c2C=O)CC1. The van der Waals surface area contributed by atoms with Crippen LogP contribution in [0.25, 0.3) is 0 Å². The van der Waals surface area contributed by atoms with Crippen molar-refractivity contribution in [1.29, 1.82) is 0 Å². The number of nitrogens with zero attached hydrogens (tertiary/aromatic N) is 4. The molecule has 0 aromatic carbocycles. The number of piperazine rings is 1. The second-order valence-corrected chi connectivity index (χ2v) is 6.51. The van der Waals surface area contributed by atoms with E-state index in [1.807, 2.05) is 4.90 Å². The summed E-state index contributed by atoms with van der Waals surface area (Å²) in [4.78, 5) is 20.7. The maximum Gasteiger partial charge on any atom is 0.211 e. The third-order valence-electron chi connectivity index (χ3n) is 2.94. The van der Waals surface area contributed by atoms with Gasteiger partial charge in [-0.05, 0) is 0 Å². The van der Waals surface area contributed by atoms with Crippen LogP contribution in [0.5, 0.6) is 0 Å². The smallest absolute Gasteiger partial charge is 0.211 e. The first kappa shape index (κ1) is 14.2. The molecule has 0 amide bonds. The molecular formula is C10H13ClN4O3S. The Hall–Kier alpha value is -1.25.